The summed E-state index contributed by atoms with van der Waals surface area (Å²) in [5.41, 5.74) is 2.25. The minimum atomic E-state index is 0.117. The van der Waals surface area contributed by atoms with Gasteiger partial charge in [-0.05, 0) is 23.3 Å². The van der Waals surface area contributed by atoms with Gasteiger partial charge in [0.1, 0.15) is 0 Å². The van der Waals surface area contributed by atoms with Gasteiger partial charge >= 0.3 is 0 Å². The number of benzene rings is 2. The first kappa shape index (κ1) is 21.6. The Kier molecular flexibility index (Phi) is 7.40. The zero-order chi connectivity index (χ0) is 21.5. The van der Waals surface area contributed by atoms with Crippen molar-refractivity contribution < 1.29 is 19.0 Å². The van der Waals surface area contributed by atoms with Crippen molar-refractivity contribution in [2.24, 2.45) is 0 Å². The van der Waals surface area contributed by atoms with E-state index in [1.165, 1.54) is 0 Å². The van der Waals surface area contributed by atoms with E-state index >= 15 is 0 Å². The van der Waals surface area contributed by atoms with Crippen LogP contribution in [0.5, 0.6) is 11.5 Å². The Hall–Kier alpha value is -2.61. The van der Waals surface area contributed by atoms with Crippen LogP contribution in [0.25, 0.3) is 0 Å². The van der Waals surface area contributed by atoms with E-state index in [1.807, 2.05) is 55.6 Å². The van der Waals surface area contributed by atoms with Crippen LogP contribution in [0.15, 0.2) is 48.5 Å². The lowest BCUT2D eigenvalue weighted by atomic mass is 10.2. The minimum absolute atomic E-state index is 0.117. The quantitative estimate of drug-likeness (QED) is 0.614. The minimum Gasteiger partial charge on any atom is -0.454 e. The van der Waals surface area contributed by atoms with E-state index in [2.05, 4.69) is 9.80 Å². The van der Waals surface area contributed by atoms with Crippen LogP contribution >= 0.6 is 0 Å². The molecule has 31 heavy (non-hydrogen) atoms. The number of hydrogen-bond acceptors (Lipinski definition) is 6. The van der Waals surface area contributed by atoms with Gasteiger partial charge in [0, 0.05) is 46.3 Å². The molecular formula is C24H31N3O4. The smallest absolute Gasteiger partial charge is 0.236 e. The van der Waals surface area contributed by atoms with Crippen molar-refractivity contribution in [3.8, 4) is 11.5 Å². The average molecular weight is 426 g/mol. The molecule has 2 aliphatic rings. The van der Waals surface area contributed by atoms with Gasteiger partial charge in [-0.3, -0.25) is 14.6 Å². The van der Waals surface area contributed by atoms with Crippen LogP contribution in [-0.2, 0) is 22.6 Å². The zero-order valence-electron chi connectivity index (χ0n) is 18.2. The first-order chi connectivity index (χ1) is 15.2. The van der Waals surface area contributed by atoms with Gasteiger partial charge in [-0.25, -0.2) is 0 Å². The van der Waals surface area contributed by atoms with Crippen molar-refractivity contribution in [1.82, 2.24) is 14.7 Å². The van der Waals surface area contributed by atoms with Gasteiger partial charge in [-0.15, -0.1) is 0 Å². The summed E-state index contributed by atoms with van der Waals surface area (Å²) in [5, 5.41) is 0. The number of morpholine rings is 1. The molecule has 0 aromatic heterocycles. The Bertz CT molecular complexity index is 855. The lowest BCUT2D eigenvalue weighted by Gasteiger charge is -2.30. The highest BCUT2D eigenvalue weighted by Crippen LogP contribution is 2.32. The van der Waals surface area contributed by atoms with Gasteiger partial charge in [0.25, 0.3) is 0 Å². The number of carbonyl (C=O) groups excluding carboxylic acids is 1. The maximum Gasteiger partial charge on any atom is 0.236 e. The van der Waals surface area contributed by atoms with Crippen LogP contribution in [0.1, 0.15) is 11.1 Å². The van der Waals surface area contributed by atoms with Gasteiger partial charge < -0.3 is 19.1 Å². The highest BCUT2D eigenvalue weighted by molar-refractivity contribution is 5.78. The monoisotopic (exact) mass is 425 g/mol. The lowest BCUT2D eigenvalue weighted by molar-refractivity contribution is -0.131. The maximum atomic E-state index is 13.0. The Morgan fingerprint density at radius 2 is 1.74 bits per heavy atom. The third-order valence-electron chi connectivity index (χ3n) is 5.73. The number of ether oxygens (including phenoxy) is 3. The van der Waals surface area contributed by atoms with Crippen LogP contribution in [0.4, 0.5) is 0 Å². The normalized spacial score (nSPS) is 15.9. The van der Waals surface area contributed by atoms with E-state index in [9.17, 15) is 4.79 Å². The number of amides is 1. The van der Waals surface area contributed by atoms with Gasteiger partial charge in [-0.2, -0.15) is 0 Å². The van der Waals surface area contributed by atoms with Crippen LogP contribution in [0.2, 0.25) is 0 Å². The summed E-state index contributed by atoms with van der Waals surface area (Å²) in [4.78, 5) is 19.4. The summed E-state index contributed by atoms with van der Waals surface area (Å²) >= 11 is 0. The van der Waals surface area contributed by atoms with Crippen LogP contribution in [-0.4, -0.2) is 80.4 Å². The summed E-state index contributed by atoms with van der Waals surface area (Å²) in [6.45, 7) is 7.13. The molecule has 1 fully saturated rings. The molecule has 0 aliphatic carbocycles. The van der Waals surface area contributed by atoms with E-state index in [-0.39, 0.29) is 12.7 Å². The summed E-state index contributed by atoms with van der Waals surface area (Å²) < 4.78 is 16.4. The Balaban J connectivity index is 1.38. The van der Waals surface area contributed by atoms with Crippen molar-refractivity contribution in [1.29, 1.82) is 0 Å². The molecule has 1 amide bonds. The molecule has 1 saturated heterocycles. The van der Waals surface area contributed by atoms with Gasteiger partial charge in [0.15, 0.2) is 11.5 Å². The van der Waals surface area contributed by atoms with Crippen molar-refractivity contribution >= 4 is 5.91 Å². The lowest BCUT2D eigenvalue weighted by Crippen LogP contribution is -2.44. The van der Waals surface area contributed by atoms with Gasteiger partial charge in [-0.1, -0.05) is 36.4 Å². The summed E-state index contributed by atoms with van der Waals surface area (Å²) in [5.74, 6) is 1.67. The van der Waals surface area contributed by atoms with E-state index in [1.54, 1.807) is 4.90 Å². The van der Waals surface area contributed by atoms with E-state index < -0.39 is 0 Å². The van der Waals surface area contributed by atoms with Crippen molar-refractivity contribution in [3.63, 3.8) is 0 Å². The number of hydrogen-bond donors (Lipinski definition) is 0. The number of nitrogens with zero attached hydrogens (tertiary/aromatic N) is 3. The Labute approximate surface area is 184 Å². The fraction of sp³-hybridized carbons (Fsp3) is 0.458. The maximum absolute atomic E-state index is 13.0. The van der Waals surface area contributed by atoms with Gasteiger partial charge in [0.2, 0.25) is 12.7 Å². The molecule has 7 heteroatoms. The second kappa shape index (κ2) is 10.6. The molecule has 0 saturated carbocycles. The fourth-order valence-corrected chi connectivity index (χ4v) is 3.88. The second-order valence-corrected chi connectivity index (χ2v) is 8.09. The zero-order valence-corrected chi connectivity index (χ0v) is 18.2. The fourth-order valence-electron chi connectivity index (χ4n) is 3.88. The molecule has 2 aromatic carbocycles. The van der Waals surface area contributed by atoms with Crippen LogP contribution in [0, 0.1) is 0 Å². The number of rotatable bonds is 9. The number of fused-ring (bicyclic) bond motifs is 1. The molecule has 166 valence electrons. The van der Waals surface area contributed by atoms with E-state index in [0.29, 0.717) is 19.6 Å². The highest BCUT2D eigenvalue weighted by Gasteiger charge is 2.19. The van der Waals surface area contributed by atoms with Crippen molar-refractivity contribution in [2.45, 2.75) is 13.1 Å². The molecule has 0 atom stereocenters. The molecule has 0 bridgehead atoms. The first-order valence-electron chi connectivity index (χ1n) is 10.9. The molecular weight excluding hydrogens is 394 g/mol. The largest absolute Gasteiger partial charge is 0.454 e. The summed E-state index contributed by atoms with van der Waals surface area (Å²) in [6.07, 6.45) is 0. The van der Waals surface area contributed by atoms with E-state index in [4.69, 9.17) is 14.2 Å². The summed E-state index contributed by atoms with van der Waals surface area (Å²) in [7, 11) is 1.87. The highest BCUT2D eigenvalue weighted by atomic mass is 16.7. The molecule has 2 aliphatic heterocycles. The van der Waals surface area contributed by atoms with Crippen molar-refractivity contribution in [2.75, 3.05) is 59.8 Å². The third kappa shape index (κ3) is 6.19. The molecule has 4 rings (SSSR count). The SMILES string of the molecule is CN(Cc1ccccc1)C(=O)CN(CCN1CCOCC1)Cc1ccc2c(c1)OCO2. The molecule has 0 radical (unpaired) electrons. The van der Waals surface area contributed by atoms with Crippen molar-refractivity contribution in [3.05, 3.63) is 59.7 Å². The molecule has 2 heterocycles. The number of carbonyl (C=O) groups is 1. The predicted octanol–water partition coefficient (Wildman–Crippen LogP) is 2.21. The van der Waals surface area contributed by atoms with Gasteiger partial charge in [0.05, 0.1) is 19.8 Å². The molecule has 7 nitrogen and oxygen atoms in total. The topological polar surface area (TPSA) is 54.5 Å². The Morgan fingerprint density at radius 3 is 2.55 bits per heavy atom. The van der Waals surface area contributed by atoms with E-state index in [0.717, 1.165) is 62.0 Å². The molecule has 2 aromatic rings. The standard InChI is InChI=1S/C24H31N3O4/c1-25(16-20-5-3-2-4-6-20)24(28)18-27(10-9-26-11-13-29-14-12-26)17-21-7-8-22-23(15-21)31-19-30-22/h2-8,15H,9-14,16-19H2,1H3. The molecule has 0 N–H and O–H groups in total. The predicted molar refractivity (Wildman–Crippen MR) is 118 cm³/mol. The first-order valence-corrected chi connectivity index (χ1v) is 10.9. The number of likely N-dealkylation sites (N-methyl/N-ethyl adjacent to an activating group) is 1. The van der Waals surface area contributed by atoms with Crippen LogP contribution in [0.3, 0.4) is 0 Å². The van der Waals surface area contributed by atoms with Crippen LogP contribution < -0.4 is 9.47 Å². The summed E-state index contributed by atoms with van der Waals surface area (Å²) in [6, 6.07) is 16.1. The molecule has 0 unspecified atom stereocenters. The molecule has 0 spiro atoms. The Morgan fingerprint density at radius 1 is 0.968 bits per heavy atom. The average Bonchev–Trinajstić information content (AvgIpc) is 3.27. The third-order valence-corrected chi connectivity index (χ3v) is 5.73. The second-order valence-electron chi connectivity index (χ2n) is 8.09.